The fraction of sp³-hybridized carbons (Fsp3) is 0.292. The number of methoxy groups -OCH3 is 1. The standard InChI is InChI=1S/C24H27N3O3S/c1-17(12-13-18-8-4-3-5-9-18)25-22(28)16-31-23-14-19(15-24(29)30-2)26-20-10-6-7-11-21(20)27-23/h3-11,14,17,26H,12-13,15-16H2,1-2H3,(H,25,28)/t17-/m0/s1. The lowest BCUT2D eigenvalue weighted by molar-refractivity contribution is -0.139. The van der Waals surface area contributed by atoms with Crippen molar-refractivity contribution in [2.75, 3.05) is 18.2 Å². The fourth-order valence-corrected chi connectivity index (χ4v) is 3.89. The Bertz CT molecular complexity index is 973. The predicted molar refractivity (Wildman–Crippen MR) is 127 cm³/mol. The monoisotopic (exact) mass is 437 g/mol. The molecule has 0 aliphatic carbocycles. The van der Waals surface area contributed by atoms with Crippen LogP contribution in [0.2, 0.25) is 0 Å². The van der Waals surface area contributed by atoms with E-state index in [0.29, 0.717) is 10.7 Å². The Labute approximate surface area is 187 Å². The Balaban J connectivity index is 1.57. The van der Waals surface area contributed by atoms with Gasteiger partial charge in [-0.1, -0.05) is 54.2 Å². The first-order valence-electron chi connectivity index (χ1n) is 10.2. The van der Waals surface area contributed by atoms with E-state index in [0.717, 1.165) is 24.2 Å². The zero-order valence-electron chi connectivity index (χ0n) is 17.8. The molecule has 6 nitrogen and oxygen atoms in total. The van der Waals surface area contributed by atoms with Gasteiger partial charge in [0.25, 0.3) is 0 Å². The van der Waals surface area contributed by atoms with Crippen LogP contribution in [0.1, 0.15) is 25.3 Å². The molecule has 0 saturated heterocycles. The lowest BCUT2D eigenvalue weighted by Crippen LogP contribution is -2.34. The number of thioether (sulfide) groups is 1. The van der Waals surface area contributed by atoms with Gasteiger partial charge in [-0.2, -0.15) is 0 Å². The molecule has 0 spiro atoms. The number of carbonyl (C=O) groups excluding carboxylic acids is 2. The van der Waals surface area contributed by atoms with E-state index in [1.165, 1.54) is 24.4 Å². The Kier molecular flexibility index (Phi) is 8.29. The number of aliphatic imine (C=N–C) groups is 1. The molecule has 0 radical (unpaired) electrons. The number of benzene rings is 2. The molecule has 1 amide bonds. The maximum absolute atomic E-state index is 12.4. The largest absolute Gasteiger partial charge is 0.469 e. The molecule has 0 bridgehead atoms. The van der Waals surface area contributed by atoms with Crippen molar-refractivity contribution in [3.8, 4) is 0 Å². The highest BCUT2D eigenvalue weighted by atomic mass is 32.2. The number of esters is 1. The normalized spacial score (nSPS) is 13.6. The summed E-state index contributed by atoms with van der Waals surface area (Å²) >= 11 is 1.35. The number of amides is 1. The van der Waals surface area contributed by atoms with Gasteiger partial charge in [0, 0.05) is 11.7 Å². The number of nitrogens with zero attached hydrogens (tertiary/aromatic N) is 1. The van der Waals surface area contributed by atoms with Crippen molar-refractivity contribution in [3.05, 3.63) is 71.9 Å². The van der Waals surface area contributed by atoms with Gasteiger partial charge in [-0.05, 0) is 43.5 Å². The quantitative estimate of drug-likeness (QED) is 0.596. The van der Waals surface area contributed by atoms with E-state index < -0.39 is 0 Å². The molecule has 0 aromatic heterocycles. The molecule has 2 aromatic rings. The van der Waals surface area contributed by atoms with Crippen molar-refractivity contribution < 1.29 is 14.3 Å². The molecule has 2 aromatic carbocycles. The molecule has 1 aliphatic rings. The zero-order chi connectivity index (χ0) is 22.1. The first-order chi connectivity index (χ1) is 15.0. The minimum atomic E-state index is -0.340. The van der Waals surface area contributed by atoms with E-state index in [9.17, 15) is 9.59 Å². The van der Waals surface area contributed by atoms with E-state index in [2.05, 4.69) is 27.8 Å². The van der Waals surface area contributed by atoms with Gasteiger partial charge in [0.2, 0.25) is 5.91 Å². The van der Waals surface area contributed by atoms with Crippen molar-refractivity contribution in [2.24, 2.45) is 4.99 Å². The van der Waals surface area contributed by atoms with Gasteiger partial charge >= 0.3 is 5.97 Å². The van der Waals surface area contributed by atoms with Gasteiger partial charge in [0.15, 0.2) is 0 Å². The fourth-order valence-electron chi connectivity index (χ4n) is 3.14. The number of hydrogen-bond donors (Lipinski definition) is 2. The van der Waals surface area contributed by atoms with Gasteiger partial charge in [-0.3, -0.25) is 9.59 Å². The highest BCUT2D eigenvalue weighted by Gasteiger charge is 2.16. The highest BCUT2D eigenvalue weighted by molar-refractivity contribution is 8.14. The SMILES string of the molecule is COC(=O)CC1=CC(SCC(=O)N[C@@H](C)CCc2ccccc2)=Nc2ccccc2N1. The average molecular weight is 438 g/mol. The second-order valence-electron chi connectivity index (χ2n) is 7.30. The van der Waals surface area contributed by atoms with E-state index >= 15 is 0 Å². The summed E-state index contributed by atoms with van der Waals surface area (Å²) in [5.41, 5.74) is 3.52. The Hall–Kier alpha value is -3.06. The lowest BCUT2D eigenvalue weighted by atomic mass is 10.1. The van der Waals surface area contributed by atoms with Crippen LogP contribution in [0.25, 0.3) is 0 Å². The molecule has 0 unspecified atom stereocenters. The van der Waals surface area contributed by atoms with E-state index in [1.807, 2.05) is 49.4 Å². The van der Waals surface area contributed by atoms with Crippen LogP contribution in [0.3, 0.4) is 0 Å². The van der Waals surface area contributed by atoms with Gasteiger partial charge < -0.3 is 15.4 Å². The van der Waals surface area contributed by atoms with Crippen LogP contribution in [-0.2, 0) is 20.7 Å². The number of hydrogen-bond acceptors (Lipinski definition) is 6. The summed E-state index contributed by atoms with van der Waals surface area (Å²) in [6, 6.07) is 17.9. The number of rotatable bonds is 8. The molecule has 7 heteroatoms. The molecule has 162 valence electrons. The summed E-state index contributed by atoms with van der Waals surface area (Å²) < 4.78 is 4.78. The minimum absolute atomic E-state index is 0.0401. The molecule has 1 heterocycles. The summed E-state index contributed by atoms with van der Waals surface area (Å²) in [6.45, 7) is 2.02. The van der Waals surface area contributed by atoms with Crippen LogP contribution in [0.15, 0.2) is 71.4 Å². The van der Waals surface area contributed by atoms with Crippen molar-refractivity contribution in [2.45, 2.75) is 32.2 Å². The molecule has 1 atom stereocenters. The van der Waals surface area contributed by atoms with Crippen LogP contribution in [0.5, 0.6) is 0 Å². The van der Waals surface area contributed by atoms with E-state index in [4.69, 9.17) is 4.74 Å². The zero-order valence-corrected chi connectivity index (χ0v) is 18.6. The van der Waals surface area contributed by atoms with Crippen molar-refractivity contribution in [3.63, 3.8) is 0 Å². The number of para-hydroxylation sites is 2. The molecule has 0 saturated carbocycles. The smallest absolute Gasteiger partial charge is 0.311 e. The number of anilines is 1. The average Bonchev–Trinajstić information content (AvgIpc) is 2.95. The molecular weight excluding hydrogens is 410 g/mol. The van der Waals surface area contributed by atoms with Crippen LogP contribution in [-0.4, -0.2) is 35.8 Å². The highest BCUT2D eigenvalue weighted by Crippen LogP contribution is 2.31. The third-order valence-electron chi connectivity index (χ3n) is 4.76. The number of carbonyl (C=O) groups is 2. The second-order valence-corrected chi connectivity index (χ2v) is 8.29. The third-order valence-corrected chi connectivity index (χ3v) is 5.67. The van der Waals surface area contributed by atoms with E-state index in [1.54, 1.807) is 6.08 Å². The number of aryl methyl sites for hydroxylation is 1. The Morgan fingerprint density at radius 2 is 1.87 bits per heavy atom. The Morgan fingerprint density at radius 1 is 1.13 bits per heavy atom. The summed E-state index contributed by atoms with van der Waals surface area (Å²) in [4.78, 5) is 28.9. The summed E-state index contributed by atoms with van der Waals surface area (Å²) in [5, 5.41) is 6.96. The van der Waals surface area contributed by atoms with E-state index in [-0.39, 0.29) is 30.1 Å². The second kappa shape index (κ2) is 11.4. The summed E-state index contributed by atoms with van der Waals surface area (Å²) in [5.74, 6) is -0.132. The summed E-state index contributed by atoms with van der Waals surface area (Å²) in [7, 11) is 1.36. The third kappa shape index (κ3) is 7.29. The van der Waals surface area contributed by atoms with Crippen LogP contribution >= 0.6 is 11.8 Å². The van der Waals surface area contributed by atoms with Gasteiger partial charge in [-0.15, -0.1) is 0 Å². The predicted octanol–water partition coefficient (Wildman–Crippen LogP) is 4.46. The molecule has 31 heavy (non-hydrogen) atoms. The van der Waals surface area contributed by atoms with Crippen molar-refractivity contribution in [1.82, 2.24) is 5.32 Å². The van der Waals surface area contributed by atoms with Crippen molar-refractivity contribution in [1.29, 1.82) is 0 Å². The first kappa shape index (κ1) is 22.6. The Morgan fingerprint density at radius 3 is 2.65 bits per heavy atom. The molecule has 2 N–H and O–H groups in total. The molecule has 1 aliphatic heterocycles. The minimum Gasteiger partial charge on any atom is -0.469 e. The first-order valence-corrected chi connectivity index (χ1v) is 11.2. The lowest BCUT2D eigenvalue weighted by Gasteiger charge is -2.14. The number of nitrogens with one attached hydrogen (secondary N) is 2. The van der Waals surface area contributed by atoms with Crippen LogP contribution in [0.4, 0.5) is 11.4 Å². The van der Waals surface area contributed by atoms with Gasteiger partial charge in [0.1, 0.15) is 0 Å². The topological polar surface area (TPSA) is 79.8 Å². The summed E-state index contributed by atoms with van der Waals surface area (Å²) in [6.07, 6.45) is 3.70. The van der Waals surface area contributed by atoms with Crippen molar-refractivity contribution >= 4 is 40.1 Å². The number of ether oxygens (including phenoxy) is 1. The molecule has 0 fully saturated rings. The van der Waals surface area contributed by atoms with Crippen LogP contribution < -0.4 is 10.6 Å². The molecular formula is C24H27N3O3S. The van der Waals surface area contributed by atoms with Crippen LogP contribution in [0, 0.1) is 0 Å². The van der Waals surface area contributed by atoms with Gasteiger partial charge in [0.05, 0.1) is 35.7 Å². The van der Waals surface area contributed by atoms with Gasteiger partial charge in [-0.25, -0.2) is 4.99 Å². The molecule has 3 rings (SSSR count). The maximum atomic E-state index is 12.4. The number of fused-ring (bicyclic) bond motifs is 1. The maximum Gasteiger partial charge on any atom is 0.311 e.